The van der Waals surface area contributed by atoms with E-state index in [0.717, 1.165) is 5.56 Å². The second-order valence-electron chi connectivity index (χ2n) is 4.20. The van der Waals surface area contributed by atoms with E-state index >= 15 is 0 Å². The number of nitrogens with zero attached hydrogens (tertiary/aromatic N) is 1. The van der Waals surface area contributed by atoms with Crippen LogP contribution in [0.4, 0.5) is 4.39 Å². The van der Waals surface area contributed by atoms with Crippen molar-refractivity contribution in [1.29, 1.82) is 0 Å². The van der Waals surface area contributed by atoms with Crippen molar-refractivity contribution in [1.82, 2.24) is 4.90 Å². The molecule has 0 aliphatic rings. The molecule has 0 radical (unpaired) electrons. The highest BCUT2D eigenvalue weighted by Gasteiger charge is 2.14. The first-order chi connectivity index (χ1) is 7.90. The van der Waals surface area contributed by atoms with Crippen LogP contribution in [0.3, 0.4) is 0 Å². The summed E-state index contributed by atoms with van der Waals surface area (Å²) in [5, 5.41) is 0.361. The second-order valence-corrected chi connectivity index (χ2v) is 4.61. The van der Waals surface area contributed by atoms with E-state index in [1.165, 1.54) is 12.1 Å². The fraction of sp³-hybridized carbons (Fsp3) is 0.417. The van der Waals surface area contributed by atoms with E-state index < -0.39 is 5.91 Å². The predicted molar refractivity (Wildman–Crippen MR) is 66.2 cm³/mol. The summed E-state index contributed by atoms with van der Waals surface area (Å²) >= 11 is 5.93. The fourth-order valence-electron chi connectivity index (χ4n) is 1.49. The van der Waals surface area contributed by atoms with Gasteiger partial charge in [-0.05, 0) is 31.5 Å². The molecule has 17 heavy (non-hydrogen) atoms. The molecule has 1 amide bonds. The summed E-state index contributed by atoms with van der Waals surface area (Å²) in [6.07, 6.45) is 0. The van der Waals surface area contributed by atoms with Crippen molar-refractivity contribution in [2.75, 3.05) is 6.54 Å². The van der Waals surface area contributed by atoms with Gasteiger partial charge in [-0.15, -0.1) is 0 Å². The Labute approximate surface area is 105 Å². The van der Waals surface area contributed by atoms with Gasteiger partial charge in [-0.25, -0.2) is 4.39 Å². The summed E-state index contributed by atoms with van der Waals surface area (Å²) in [5.74, 6) is -0.762. The second kappa shape index (κ2) is 5.98. The van der Waals surface area contributed by atoms with Crippen LogP contribution in [-0.4, -0.2) is 23.4 Å². The minimum atomic E-state index is -0.392. The SMILES string of the molecule is CC(C)N(CC(N)=O)Cc1ccc(F)cc1Cl. The van der Waals surface area contributed by atoms with Crippen LogP contribution in [-0.2, 0) is 11.3 Å². The quantitative estimate of drug-likeness (QED) is 0.880. The number of hydrogen-bond acceptors (Lipinski definition) is 2. The molecule has 0 spiro atoms. The van der Waals surface area contributed by atoms with Crippen molar-refractivity contribution >= 4 is 17.5 Å². The summed E-state index contributed by atoms with van der Waals surface area (Å²) in [5.41, 5.74) is 5.95. The van der Waals surface area contributed by atoms with Crippen LogP contribution >= 0.6 is 11.6 Å². The number of primary amides is 1. The molecule has 1 rings (SSSR count). The third-order valence-corrected chi connectivity index (χ3v) is 2.83. The van der Waals surface area contributed by atoms with Crippen molar-refractivity contribution in [3.8, 4) is 0 Å². The zero-order valence-electron chi connectivity index (χ0n) is 9.91. The fourth-order valence-corrected chi connectivity index (χ4v) is 1.72. The Bertz CT molecular complexity index is 409. The lowest BCUT2D eigenvalue weighted by Crippen LogP contribution is -2.38. The molecule has 0 heterocycles. The number of benzene rings is 1. The molecule has 0 aliphatic carbocycles. The first-order valence-electron chi connectivity index (χ1n) is 5.36. The molecule has 1 aromatic carbocycles. The van der Waals surface area contributed by atoms with Gasteiger partial charge in [0.15, 0.2) is 0 Å². The molecule has 1 aromatic rings. The average Bonchev–Trinajstić information content (AvgIpc) is 2.19. The Balaban J connectivity index is 2.82. The molecule has 2 N–H and O–H groups in total. The third kappa shape index (κ3) is 4.32. The number of rotatable bonds is 5. The standard InChI is InChI=1S/C12H16ClFN2O/c1-8(2)16(7-12(15)17)6-9-3-4-10(14)5-11(9)13/h3-5,8H,6-7H2,1-2H3,(H2,15,17). The van der Waals surface area contributed by atoms with Crippen LogP contribution < -0.4 is 5.73 Å². The van der Waals surface area contributed by atoms with Gasteiger partial charge in [-0.1, -0.05) is 17.7 Å². The summed E-state index contributed by atoms with van der Waals surface area (Å²) in [7, 11) is 0. The monoisotopic (exact) mass is 258 g/mol. The van der Waals surface area contributed by atoms with E-state index in [0.29, 0.717) is 11.6 Å². The van der Waals surface area contributed by atoms with Crippen molar-refractivity contribution in [2.24, 2.45) is 5.73 Å². The topological polar surface area (TPSA) is 46.3 Å². The van der Waals surface area contributed by atoms with Gasteiger partial charge in [0.25, 0.3) is 0 Å². The van der Waals surface area contributed by atoms with Crippen molar-refractivity contribution in [3.63, 3.8) is 0 Å². The molecule has 0 unspecified atom stereocenters. The Morgan fingerprint density at radius 2 is 2.18 bits per heavy atom. The first kappa shape index (κ1) is 13.9. The Hall–Kier alpha value is -1.13. The molecule has 5 heteroatoms. The molecule has 3 nitrogen and oxygen atoms in total. The molecule has 0 aliphatic heterocycles. The highest BCUT2D eigenvalue weighted by atomic mass is 35.5. The van der Waals surface area contributed by atoms with Crippen LogP contribution in [0.25, 0.3) is 0 Å². The molecule has 0 saturated heterocycles. The number of hydrogen-bond donors (Lipinski definition) is 1. The van der Waals surface area contributed by atoms with Gasteiger partial charge in [0.2, 0.25) is 5.91 Å². The maximum absolute atomic E-state index is 12.9. The maximum Gasteiger partial charge on any atom is 0.231 e. The minimum Gasteiger partial charge on any atom is -0.369 e. The Morgan fingerprint density at radius 1 is 1.53 bits per heavy atom. The molecule has 94 valence electrons. The van der Waals surface area contributed by atoms with Gasteiger partial charge in [0, 0.05) is 17.6 Å². The zero-order valence-corrected chi connectivity index (χ0v) is 10.7. The van der Waals surface area contributed by atoms with Crippen LogP contribution in [0.5, 0.6) is 0 Å². The number of carbonyl (C=O) groups excluding carboxylic acids is 1. The van der Waals surface area contributed by atoms with Crippen LogP contribution in [0.15, 0.2) is 18.2 Å². The molecule has 0 bridgehead atoms. The van der Waals surface area contributed by atoms with Crippen LogP contribution in [0, 0.1) is 5.82 Å². The molecule has 0 aromatic heterocycles. The summed E-state index contributed by atoms with van der Waals surface area (Å²) in [4.78, 5) is 12.8. The summed E-state index contributed by atoms with van der Waals surface area (Å²) < 4.78 is 12.9. The first-order valence-corrected chi connectivity index (χ1v) is 5.74. The van der Waals surface area contributed by atoms with E-state index in [-0.39, 0.29) is 18.4 Å². The lowest BCUT2D eigenvalue weighted by atomic mass is 10.2. The van der Waals surface area contributed by atoms with Crippen LogP contribution in [0.1, 0.15) is 19.4 Å². The van der Waals surface area contributed by atoms with Gasteiger partial charge in [0.1, 0.15) is 5.82 Å². The molecule has 0 atom stereocenters. The molecular formula is C12H16ClFN2O. The largest absolute Gasteiger partial charge is 0.369 e. The van der Waals surface area contributed by atoms with E-state index in [2.05, 4.69) is 0 Å². The minimum absolute atomic E-state index is 0.156. The highest BCUT2D eigenvalue weighted by molar-refractivity contribution is 6.31. The molecule has 0 saturated carbocycles. The lowest BCUT2D eigenvalue weighted by Gasteiger charge is -2.25. The molecule has 0 fully saturated rings. The lowest BCUT2D eigenvalue weighted by molar-refractivity contribution is -0.119. The van der Waals surface area contributed by atoms with Gasteiger partial charge in [0.05, 0.1) is 6.54 Å². The Morgan fingerprint density at radius 3 is 2.65 bits per heavy atom. The van der Waals surface area contributed by atoms with Crippen molar-refractivity contribution < 1.29 is 9.18 Å². The van der Waals surface area contributed by atoms with Gasteiger partial charge < -0.3 is 5.73 Å². The Kier molecular flexibility index (Phi) is 4.90. The zero-order chi connectivity index (χ0) is 13.0. The smallest absolute Gasteiger partial charge is 0.231 e. The van der Waals surface area contributed by atoms with E-state index in [1.807, 2.05) is 18.7 Å². The number of carbonyl (C=O) groups is 1. The average molecular weight is 259 g/mol. The maximum atomic E-state index is 12.9. The van der Waals surface area contributed by atoms with E-state index in [9.17, 15) is 9.18 Å². The number of nitrogens with two attached hydrogens (primary N) is 1. The summed E-state index contributed by atoms with van der Waals surface area (Å²) in [6.45, 7) is 4.55. The highest BCUT2D eigenvalue weighted by Crippen LogP contribution is 2.19. The number of halogens is 2. The van der Waals surface area contributed by atoms with Gasteiger partial charge in [-0.3, -0.25) is 9.69 Å². The normalized spacial score (nSPS) is 11.2. The van der Waals surface area contributed by atoms with Gasteiger partial charge >= 0.3 is 0 Å². The predicted octanol–water partition coefficient (Wildman–Crippen LogP) is 2.17. The third-order valence-electron chi connectivity index (χ3n) is 2.48. The van der Waals surface area contributed by atoms with E-state index in [1.54, 1.807) is 6.07 Å². The van der Waals surface area contributed by atoms with Crippen molar-refractivity contribution in [3.05, 3.63) is 34.6 Å². The molecular weight excluding hydrogens is 243 g/mol. The number of amides is 1. The van der Waals surface area contributed by atoms with E-state index in [4.69, 9.17) is 17.3 Å². The van der Waals surface area contributed by atoms with Crippen molar-refractivity contribution in [2.45, 2.75) is 26.4 Å². The van der Waals surface area contributed by atoms with Crippen LogP contribution in [0.2, 0.25) is 5.02 Å². The van der Waals surface area contributed by atoms with Gasteiger partial charge in [-0.2, -0.15) is 0 Å². The summed E-state index contributed by atoms with van der Waals surface area (Å²) in [6, 6.07) is 4.39.